The van der Waals surface area contributed by atoms with Crippen molar-refractivity contribution in [2.75, 3.05) is 19.7 Å². The van der Waals surface area contributed by atoms with Crippen molar-refractivity contribution in [1.29, 1.82) is 0 Å². The average molecular weight is 501 g/mol. The normalized spacial score (nSPS) is 20.7. The number of aliphatic hydroxyl groups excluding tert-OH is 1. The van der Waals surface area contributed by atoms with Gasteiger partial charge in [0.1, 0.15) is 17.9 Å². The highest BCUT2D eigenvalue weighted by atomic mass is 19.2. The minimum Gasteiger partial charge on any atom is -0.509 e. The Hall–Kier alpha value is -3.30. The first-order valence-corrected chi connectivity index (χ1v) is 11.9. The maximum absolute atomic E-state index is 15.1. The number of hydrazine groups is 1. The van der Waals surface area contributed by atoms with Gasteiger partial charge in [-0.25, -0.2) is 19.2 Å². The van der Waals surface area contributed by atoms with Crippen LogP contribution in [0.25, 0.3) is 0 Å². The Bertz CT molecular complexity index is 1180. The number of carbonyl (C=O) groups excluding carboxylic acids is 2. The fraction of sp³-hybridized carbons (Fsp3) is 0.407. The van der Waals surface area contributed by atoms with Crippen LogP contribution in [0.15, 0.2) is 53.8 Å². The largest absolute Gasteiger partial charge is 0.509 e. The minimum atomic E-state index is -1.47. The summed E-state index contributed by atoms with van der Waals surface area (Å²) in [5.41, 5.74) is -0.694. The van der Waals surface area contributed by atoms with E-state index in [0.29, 0.717) is 0 Å². The number of hydrogen-bond donors (Lipinski definition) is 1. The molecule has 1 atom stereocenters. The van der Waals surface area contributed by atoms with Crippen molar-refractivity contribution < 1.29 is 33.0 Å². The number of hydrogen-bond acceptors (Lipinski definition) is 7. The SMILES string of the molecule is CC(C)COC(=O)C1=C(O)[C@]2(C)C(=O)CCN2N(Cc2ccc(OCc3ccccc3)c(F)c2F)C1. The fourth-order valence-electron chi connectivity index (χ4n) is 4.50. The third kappa shape index (κ3) is 4.85. The van der Waals surface area contributed by atoms with E-state index < -0.39 is 23.1 Å². The molecule has 1 saturated heterocycles. The second-order valence-electron chi connectivity index (χ2n) is 9.64. The van der Waals surface area contributed by atoms with Gasteiger partial charge in [-0.3, -0.25) is 4.79 Å². The number of rotatable bonds is 8. The standard InChI is InChI=1S/C27H30F2N2O5/c1-17(2)15-36-26(34)20-14-30(31-12-11-22(32)27(31,3)25(20)33)13-19-9-10-21(24(29)23(19)28)35-16-18-7-5-4-6-8-18/h4-10,17,33H,11-16H2,1-3H3/t27-/m0/s1. The van der Waals surface area contributed by atoms with Gasteiger partial charge in [-0.1, -0.05) is 50.2 Å². The summed E-state index contributed by atoms with van der Waals surface area (Å²) >= 11 is 0. The summed E-state index contributed by atoms with van der Waals surface area (Å²) < 4.78 is 40.7. The zero-order chi connectivity index (χ0) is 26.0. The summed E-state index contributed by atoms with van der Waals surface area (Å²) in [4.78, 5) is 25.5. The molecule has 2 aliphatic rings. The predicted molar refractivity (Wildman–Crippen MR) is 128 cm³/mol. The number of esters is 1. The van der Waals surface area contributed by atoms with E-state index >= 15 is 4.39 Å². The van der Waals surface area contributed by atoms with E-state index in [4.69, 9.17) is 9.47 Å². The number of benzene rings is 2. The number of halogens is 2. The Morgan fingerprint density at radius 2 is 1.86 bits per heavy atom. The molecule has 0 aliphatic carbocycles. The Morgan fingerprint density at radius 1 is 1.14 bits per heavy atom. The summed E-state index contributed by atoms with van der Waals surface area (Å²) in [5.74, 6) is -3.68. The maximum Gasteiger partial charge on any atom is 0.338 e. The monoisotopic (exact) mass is 500 g/mol. The molecule has 2 aromatic carbocycles. The Morgan fingerprint density at radius 3 is 2.56 bits per heavy atom. The number of ether oxygens (including phenoxy) is 2. The molecule has 0 radical (unpaired) electrons. The van der Waals surface area contributed by atoms with Crippen molar-refractivity contribution in [3.05, 3.63) is 76.6 Å². The Kier molecular flexibility index (Phi) is 7.42. The van der Waals surface area contributed by atoms with Crippen LogP contribution in [0.4, 0.5) is 8.78 Å². The van der Waals surface area contributed by atoms with Crippen molar-refractivity contribution in [2.45, 2.75) is 45.9 Å². The van der Waals surface area contributed by atoms with Gasteiger partial charge in [0.25, 0.3) is 0 Å². The lowest BCUT2D eigenvalue weighted by Crippen LogP contribution is -2.60. The van der Waals surface area contributed by atoms with Gasteiger partial charge in [0.2, 0.25) is 5.82 Å². The van der Waals surface area contributed by atoms with Crippen LogP contribution in [0, 0.1) is 17.6 Å². The molecule has 0 amide bonds. The molecule has 4 rings (SSSR count). The highest BCUT2D eigenvalue weighted by molar-refractivity contribution is 5.97. The molecule has 192 valence electrons. The first-order valence-electron chi connectivity index (χ1n) is 11.9. The minimum absolute atomic E-state index is 0.0255. The molecule has 2 aromatic rings. The van der Waals surface area contributed by atoms with Crippen LogP contribution in [0.2, 0.25) is 0 Å². The van der Waals surface area contributed by atoms with Crippen molar-refractivity contribution >= 4 is 11.8 Å². The molecule has 1 N–H and O–H groups in total. The van der Waals surface area contributed by atoms with E-state index in [0.717, 1.165) is 5.56 Å². The van der Waals surface area contributed by atoms with E-state index in [1.807, 2.05) is 44.2 Å². The number of fused-ring (bicyclic) bond motifs is 1. The van der Waals surface area contributed by atoms with Crippen LogP contribution in [-0.2, 0) is 27.5 Å². The Balaban J connectivity index is 1.57. The smallest absolute Gasteiger partial charge is 0.338 e. The molecular weight excluding hydrogens is 470 g/mol. The maximum atomic E-state index is 15.1. The van der Waals surface area contributed by atoms with Crippen molar-refractivity contribution in [3.63, 3.8) is 0 Å². The van der Waals surface area contributed by atoms with Gasteiger partial charge in [-0.2, -0.15) is 4.39 Å². The van der Waals surface area contributed by atoms with Gasteiger partial charge in [0, 0.05) is 31.6 Å². The predicted octanol–water partition coefficient (Wildman–Crippen LogP) is 4.32. The molecule has 2 heterocycles. The average Bonchev–Trinajstić information content (AvgIpc) is 3.18. The van der Waals surface area contributed by atoms with Crippen LogP contribution in [0.3, 0.4) is 0 Å². The Labute approximate surface area is 208 Å². The van der Waals surface area contributed by atoms with Crippen LogP contribution in [0.5, 0.6) is 5.75 Å². The summed E-state index contributed by atoms with van der Waals surface area (Å²) in [6.45, 7) is 5.55. The van der Waals surface area contributed by atoms with E-state index in [1.165, 1.54) is 19.1 Å². The van der Waals surface area contributed by atoms with Crippen molar-refractivity contribution in [2.24, 2.45) is 5.92 Å². The van der Waals surface area contributed by atoms with Crippen molar-refractivity contribution in [1.82, 2.24) is 10.0 Å². The number of aliphatic hydroxyl groups is 1. The molecule has 0 unspecified atom stereocenters. The highest BCUT2D eigenvalue weighted by Crippen LogP contribution is 2.39. The van der Waals surface area contributed by atoms with E-state index in [1.54, 1.807) is 10.0 Å². The van der Waals surface area contributed by atoms with Crippen LogP contribution in [0.1, 0.15) is 38.3 Å². The third-order valence-corrected chi connectivity index (χ3v) is 6.55. The molecule has 0 aromatic heterocycles. The van der Waals surface area contributed by atoms with Gasteiger partial charge in [-0.05, 0) is 24.5 Å². The lowest BCUT2D eigenvalue weighted by atomic mass is 9.90. The lowest BCUT2D eigenvalue weighted by molar-refractivity contribution is -0.147. The van der Waals surface area contributed by atoms with Gasteiger partial charge >= 0.3 is 5.97 Å². The van der Waals surface area contributed by atoms with E-state index in [9.17, 15) is 19.1 Å². The number of Topliss-reactive ketones (excluding diaryl/α,β-unsaturated/α-hetero) is 1. The van der Waals surface area contributed by atoms with E-state index in [2.05, 4.69) is 0 Å². The van der Waals surface area contributed by atoms with Gasteiger partial charge in [0.05, 0.1) is 12.2 Å². The zero-order valence-corrected chi connectivity index (χ0v) is 20.6. The molecule has 0 saturated carbocycles. The fourth-order valence-corrected chi connectivity index (χ4v) is 4.50. The lowest BCUT2D eigenvalue weighted by Gasteiger charge is -2.45. The van der Waals surface area contributed by atoms with Crippen LogP contribution in [-0.4, -0.2) is 52.1 Å². The van der Waals surface area contributed by atoms with Gasteiger partial charge < -0.3 is 14.6 Å². The first kappa shape index (κ1) is 25.8. The van der Waals surface area contributed by atoms with E-state index in [-0.39, 0.29) is 73.6 Å². The van der Waals surface area contributed by atoms with Crippen molar-refractivity contribution in [3.8, 4) is 5.75 Å². The molecule has 2 aliphatic heterocycles. The quantitative estimate of drug-likeness (QED) is 0.541. The summed E-state index contributed by atoms with van der Waals surface area (Å²) in [6, 6.07) is 11.9. The van der Waals surface area contributed by atoms with Crippen LogP contribution >= 0.6 is 0 Å². The number of ketones is 1. The summed E-state index contributed by atoms with van der Waals surface area (Å²) in [7, 11) is 0. The highest BCUT2D eigenvalue weighted by Gasteiger charge is 2.55. The van der Waals surface area contributed by atoms with Crippen LogP contribution < -0.4 is 4.74 Å². The zero-order valence-electron chi connectivity index (χ0n) is 20.6. The second-order valence-corrected chi connectivity index (χ2v) is 9.64. The molecule has 7 nitrogen and oxygen atoms in total. The molecule has 1 fully saturated rings. The second kappa shape index (κ2) is 10.4. The van der Waals surface area contributed by atoms with Gasteiger partial charge in [-0.15, -0.1) is 0 Å². The molecule has 0 spiro atoms. The number of carbonyl (C=O) groups is 2. The molecule has 36 heavy (non-hydrogen) atoms. The topological polar surface area (TPSA) is 79.3 Å². The molecular formula is C27H30F2N2O5. The third-order valence-electron chi connectivity index (χ3n) is 6.55. The number of nitrogens with zero attached hydrogens (tertiary/aromatic N) is 2. The molecule has 9 heteroatoms. The first-order chi connectivity index (χ1) is 17.1. The summed E-state index contributed by atoms with van der Waals surface area (Å²) in [5, 5.41) is 14.1. The summed E-state index contributed by atoms with van der Waals surface area (Å²) in [6.07, 6.45) is 0.147. The molecule has 0 bridgehead atoms. The van der Waals surface area contributed by atoms with Gasteiger partial charge in [0.15, 0.2) is 17.3 Å².